The minimum Gasteiger partial charge on any atom is -0.482 e. The average Bonchev–Trinajstić information content (AvgIpc) is 2.64. The second-order valence-electron chi connectivity index (χ2n) is 5.77. The number of carbonyl (C=O) groups is 1. The molecule has 0 atom stereocenters. The van der Waals surface area contributed by atoms with Crippen molar-refractivity contribution >= 4 is 46.4 Å². The molecule has 1 aromatic carbocycles. The van der Waals surface area contributed by atoms with Crippen LogP contribution < -0.4 is 26.2 Å². The monoisotopic (exact) mass is 412 g/mol. The number of nitrogens with two attached hydrogens (primary N) is 1. The van der Waals surface area contributed by atoms with Crippen molar-refractivity contribution in [2.45, 2.75) is 19.8 Å². The Morgan fingerprint density at radius 2 is 2.11 bits per heavy atom. The van der Waals surface area contributed by atoms with E-state index in [-0.39, 0.29) is 6.61 Å². The molecule has 0 aliphatic carbocycles. The first kappa shape index (κ1) is 20.9. The summed E-state index contributed by atoms with van der Waals surface area (Å²) in [5.41, 5.74) is 11.6. The normalized spacial score (nSPS) is 10.4. The van der Waals surface area contributed by atoms with Crippen LogP contribution in [0.5, 0.6) is 5.75 Å². The number of amides is 1. The minimum absolute atomic E-state index is 0.247. The molecule has 2 aromatic rings. The fourth-order valence-corrected chi connectivity index (χ4v) is 2.65. The van der Waals surface area contributed by atoms with Crippen LogP contribution in [0.4, 0.5) is 17.3 Å². The molecule has 0 aliphatic rings. The highest BCUT2D eigenvalue weighted by molar-refractivity contribution is 6.35. The van der Waals surface area contributed by atoms with E-state index < -0.39 is 5.91 Å². The zero-order chi connectivity index (χ0) is 19.8. The van der Waals surface area contributed by atoms with Crippen LogP contribution >= 0.6 is 23.2 Å². The van der Waals surface area contributed by atoms with Crippen LogP contribution in [0.2, 0.25) is 10.0 Å². The van der Waals surface area contributed by atoms with E-state index in [4.69, 9.17) is 33.7 Å². The molecule has 0 spiro atoms. The van der Waals surface area contributed by atoms with E-state index >= 15 is 0 Å². The number of hydrazine groups is 1. The van der Waals surface area contributed by atoms with Gasteiger partial charge in [0.2, 0.25) is 0 Å². The quantitative estimate of drug-likeness (QED) is 0.543. The number of aromatic nitrogens is 2. The number of carbonyl (C=O) groups excluding carboxylic acids is 1. The first-order chi connectivity index (χ1) is 12.9. The number of nitrogen functional groups attached to an aromatic ring is 1. The van der Waals surface area contributed by atoms with Gasteiger partial charge in [-0.2, -0.15) is 0 Å². The Morgan fingerprint density at radius 1 is 1.33 bits per heavy atom. The first-order valence-electron chi connectivity index (χ1n) is 8.36. The highest BCUT2D eigenvalue weighted by atomic mass is 35.5. The molecule has 0 bridgehead atoms. The van der Waals surface area contributed by atoms with Crippen molar-refractivity contribution in [2.75, 3.05) is 36.3 Å². The molecule has 8 nitrogen and oxygen atoms in total. The zero-order valence-electron chi connectivity index (χ0n) is 15.1. The number of nitrogens with one attached hydrogen (secondary N) is 2. The van der Waals surface area contributed by atoms with Crippen molar-refractivity contribution in [1.82, 2.24) is 15.4 Å². The lowest BCUT2D eigenvalue weighted by atomic mass is 10.3. The smallest absolute Gasteiger partial charge is 0.276 e. The molecule has 146 valence electrons. The third-order valence-electron chi connectivity index (χ3n) is 3.64. The van der Waals surface area contributed by atoms with Crippen LogP contribution in [-0.2, 0) is 4.79 Å². The van der Waals surface area contributed by atoms with E-state index in [1.165, 1.54) is 12.4 Å². The van der Waals surface area contributed by atoms with Gasteiger partial charge in [0, 0.05) is 18.6 Å². The highest BCUT2D eigenvalue weighted by Crippen LogP contribution is 2.27. The Labute approximate surface area is 168 Å². The molecule has 10 heteroatoms. The molecular formula is C17H22Cl2N6O2. The molecule has 1 heterocycles. The van der Waals surface area contributed by atoms with Gasteiger partial charge in [0.05, 0.1) is 5.02 Å². The molecule has 1 aromatic heterocycles. The molecule has 0 saturated heterocycles. The molecule has 0 unspecified atom stereocenters. The number of nitrogens with zero attached hydrogens (tertiary/aromatic N) is 3. The lowest BCUT2D eigenvalue weighted by molar-refractivity contribution is -0.122. The predicted octanol–water partition coefficient (Wildman–Crippen LogP) is 3.12. The van der Waals surface area contributed by atoms with Crippen molar-refractivity contribution < 1.29 is 9.53 Å². The van der Waals surface area contributed by atoms with E-state index in [1.54, 1.807) is 12.1 Å². The second kappa shape index (κ2) is 10.0. The van der Waals surface area contributed by atoms with Crippen molar-refractivity contribution in [2.24, 2.45) is 0 Å². The van der Waals surface area contributed by atoms with Gasteiger partial charge < -0.3 is 15.4 Å². The molecular weight excluding hydrogens is 391 g/mol. The fourth-order valence-electron chi connectivity index (χ4n) is 2.19. The summed E-state index contributed by atoms with van der Waals surface area (Å²) in [4.78, 5) is 22.2. The highest BCUT2D eigenvalue weighted by Gasteiger charge is 2.13. The Morgan fingerprint density at radius 3 is 2.81 bits per heavy atom. The Balaban J connectivity index is 1.91. The van der Waals surface area contributed by atoms with E-state index in [0.717, 1.165) is 19.4 Å². The Hall–Kier alpha value is -2.45. The van der Waals surface area contributed by atoms with Crippen LogP contribution in [0.3, 0.4) is 0 Å². The van der Waals surface area contributed by atoms with Gasteiger partial charge in [-0.25, -0.2) is 9.97 Å². The van der Waals surface area contributed by atoms with Gasteiger partial charge in [-0.05, 0) is 24.6 Å². The third kappa shape index (κ3) is 6.04. The topological polar surface area (TPSA) is 105 Å². The molecule has 0 fully saturated rings. The number of unbranched alkanes of at least 4 members (excludes halogenated alkanes) is 1. The Bertz CT molecular complexity index is 790. The SMILES string of the molecule is CCCCN(C)c1ncnc(NNC(=O)COc2ccc(Cl)cc2Cl)c1N. The summed E-state index contributed by atoms with van der Waals surface area (Å²) in [6.45, 7) is 2.68. The summed E-state index contributed by atoms with van der Waals surface area (Å²) >= 11 is 11.8. The van der Waals surface area contributed by atoms with Gasteiger partial charge in [-0.3, -0.25) is 15.6 Å². The number of hydrogen-bond acceptors (Lipinski definition) is 7. The molecule has 4 N–H and O–H groups in total. The molecule has 1 amide bonds. The molecule has 0 saturated carbocycles. The average molecular weight is 413 g/mol. The van der Waals surface area contributed by atoms with Crippen molar-refractivity contribution in [3.05, 3.63) is 34.6 Å². The van der Waals surface area contributed by atoms with Gasteiger partial charge >= 0.3 is 0 Å². The van der Waals surface area contributed by atoms with E-state index in [0.29, 0.717) is 33.1 Å². The van der Waals surface area contributed by atoms with Gasteiger partial charge in [0.15, 0.2) is 18.2 Å². The Kier molecular flexibility index (Phi) is 7.75. The number of ether oxygens (including phenoxy) is 1. The summed E-state index contributed by atoms with van der Waals surface area (Å²) in [5, 5.41) is 0.806. The number of anilines is 3. The minimum atomic E-state index is -0.431. The van der Waals surface area contributed by atoms with Crippen LogP contribution in [-0.4, -0.2) is 36.1 Å². The van der Waals surface area contributed by atoms with Gasteiger partial charge in [0.25, 0.3) is 5.91 Å². The van der Waals surface area contributed by atoms with E-state index in [1.807, 2.05) is 11.9 Å². The van der Waals surface area contributed by atoms with Gasteiger partial charge in [-0.15, -0.1) is 0 Å². The van der Waals surface area contributed by atoms with Crippen LogP contribution in [0.1, 0.15) is 19.8 Å². The van der Waals surface area contributed by atoms with Gasteiger partial charge in [-0.1, -0.05) is 36.5 Å². The lowest BCUT2D eigenvalue weighted by Crippen LogP contribution is -2.34. The van der Waals surface area contributed by atoms with Crippen molar-refractivity contribution in [1.29, 1.82) is 0 Å². The van der Waals surface area contributed by atoms with E-state index in [9.17, 15) is 4.79 Å². The number of halogens is 2. The summed E-state index contributed by atoms with van der Waals surface area (Å²) in [6, 6.07) is 4.75. The number of benzene rings is 1. The second-order valence-corrected chi connectivity index (χ2v) is 6.61. The lowest BCUT2D eigenvalue weighted by Gasteiger charge is -2.20. The first-order valence-corrected chi connectivity index (χ1v) is 9.12. The summed E-state index contributed by atoms with van der Waals surface area (Å²) in [5.74, 6) is 0.832. The number of hydrogen-bond donors (Lipinski definition) is 3. The number of rotatable bonds is 9. The summed E-state index contributed by atoms with van der Waals surface area (Å²) in [6.07, 6.45) is 3.46. The molecule has 0 radical (unpaired) electrons. The van der Waals surface area contributed by atoms with Crippen LogP contribution in [0, 0.1) is 0 Å². The van der Waals surface area contributed by atoms with Crippen molar-refractivity contribution in [3.63, 3.8) is 0 Å². The largest absolute Gasteiger partial charge is 0.482 e. The zero-order valence-corrected chi connectivity index (χ0v) is 16.6. The molecule has 0 aliphatic heterocycles. The maximum Gasteiger partial charge on any atom is 0.276 e. The predicted molar refractivity (Wildman–Crippen MR) is 108 cm³/mol. The van der Waals surface area contributed by atoms with Crippen LogP contribution in [0.25, 0.3) is 0 Å². The fraction of sp³-hybridized carbons (Fsp3) is 0.353. The van der Waals surface area contributed by atoms with Crippen molar-refractivity contribution in [3.8, 4) is 5.75 Å². The maximum absolute atomic E-state index is 12.0. The van der Waals surface area contributed by atoms with E-state index in [2.05, 4.69) is 27.7 Å². The van der Waals surface area contributed by atoms with Crippen LogP contribution in [0.15, 0.2) is 24.5 Å². The molecule has 2 rings (SSSR count). The molecule has 27 heavy (non-hydrogen) atoms. The maximum atomic E-state index is 12.0. The third-order valence-corrected chi connectivity index (χ3v) is 4.18. The summed E-state index contributed by atoms with van der Waals surface area (Å²) < 4.78 is 5.36. The standard InChI is InChI=1S/C17H22Cl2N6O2/c1-3-4-7-25(2)17-15(20)16(21-10-22-17)24-23-14(26)9-27-13-6-5-11(18)8-12(13)19/h5-6,8,10H,3-4,7,9,20H2,1-2H3,(H,23,26)(H,21,22,24). The summed E-state index contributed by atoms with van der Waals surface area (Å²) in [7, 11) is 1.90. The van der Waals surface area contributed by atoms with Gasteiger partial charge in [0.1, 0.15) is 17.8 Å².